The molecule has 0 aliphatic rings. The number of thioether (sulfide) groups is 1. The standard InChI is InChI=1S/C18H19N5O4S/c1-25-13-6-4-5-12(9-13)23-18(20-21-22-23)28-11-17(24)19-15-10-14(26-2)7-8-16(15)27-3/h4-10H,11H2,1-3H3,(H,19,24). The molecule has 0 aliphatic heterocycles. The molecular weight excluding hydrogens is 382 g/mol. The van der Waals surface area contributed by atoms with Crippen LogP contribution in [0.15, 0.2) is 47.6 Å². The van der Waals surface area contributed by atoms with E-state index >= 15 is 0 Å². The first kappa shape index (κ1) is 19.5. The normalized spacial score (nSPS) is 10.4. The number of rotatable bonds is 8. The lowest BCUT2D eigenvalue weighted by atomic mass is 10.2. The number of aromatic nitrogens is 4. The molecule has 1 aromatic heterocycles. The van der Waals surface area contributed by atoms with Gasteiger partial charge in [0.25, 0.3) is 0 Å². The zero-order chi connectivity index (χ0) is 19.9. The van der Waals surface area contributed by atoms with Gasteiger partial charge in [0, 0.05) is 12.1 Å². The Kier molecular flexibility index (Phi) is 6.33. The van der Waals surface area contributed by atoms with Crippen LogP contribution in [0.1, 0.15) is 0 Å². The van der Waals surface area contributed by atoms with Crippen molar-refractivity contribution in [1.29, 1.82) is 0 Å². The molecule has 1 N–H and O–H groups in total. The number of methoxy groups -OCH3 is 3. The molecule has 3 rings (SSSR count). The van der Waals surface area contributed by atoms with Gasteiger partial charge in [-0.05, 0) is 34.7 Å². The van der Waals surface area contributed by atoms with Gasteiger partial charge in [0.2, 0.25) is 11.1 Å². The van der Waals surface area contributed by atoms with Crippen LogP contribution in [0.2, 0.25) is 0 Å². The van der Waals surface area contributed by atoms with Crippen molar-refractivity contribution in [3.8, 4) is 22.9 Å². The van der Waals surface area contributed by atoms with Gasteiger partial charge in [-0.1, -0.05) is 17.8 Å². The highest BCUT2D eigenvalue weighted by molar-refractivity contribution is 7.99. The summed E-state index contributed by atoms with van der Waals surface area (Å²) >= 11 is 1.21. The number of ether oxygens (including phenoxy) is 3. The Morgan fingerprint density at radius 3 is 2.61 bits per heavy atom. The van der Waals surface area contributed by atoms with Crippen molar-refractivity contribution < 1.29 is 19.0 Å². The summed E-state index contributed by atoms with van der Waals surface area (Å²) < 4.78 is 17.2. The zero-order valence-corrected chi connectivity index (χ0v) is 16.4. The Morgan fingerprint density at radius 2 is 1.86 bits per heavy atom. The molecule has 0 saturated heterocycles. The van der Waals surface area contributed by atoms with E-state index in [1.165, 1.54) is 18.9 Å². The zero-order valence-electron chi connectivity index (χ0n) is 15.6. The summed E-state index contributed by atoms with van der Waals surface area (Å²) in [5, 5.41) is 15.0. The SMILES string of the molecule is COc1cccc(-n2nnnc2SCC(=O)Nc2cc(OC)ccc2OC)c1. The predicted molar refractivity (Wildman–Crippen MR) is 105 cm³/mol. The lowest BCUT2D eigenvalue weighted by Crippen LogP contribution is -2.15. The van der Waals surface area contributed by atoms with Gasteiger partial charge in [-0.25, -0.2) is 0 Å². The van der Waals surface area contributed by atoms with Gasteiger partial charge >= 0.3 is 0 Å². The van der Waals surface area contributed by atoms with Gasteiger partial charge in [0.1, 0.15) is 17.2 Å². The number of amides is 1. The van der Waals surface area contributed by atoms with Crippen LogP contribution in [-0.4, -0.2) is 53.2 Å². The number of tetrazole rings is 1. The quantitative estimate of drug-likeness (QED) is 0.575. The summed E-state index contributed by atoms with van der Waals surface area (Å²) in [4.78, 5) is 12.4. The summed E-state index contributed by atoms with van der Waals surface area (Å²) in [5.74, 6) is 1.74. The Morgan fingerprint density at radius 1 is 1.07 bits per heavy atom. The number of benzene rings is 2. The predicted octanol–water partition coefficient (Wildman–Crippen LogP) is 2.42. The van der Waals surface area contributed by atoms with Crippen molar-refractivity contribution in [2.75, 3.05) is 32.4 Å². The number of carbonyl (C=O) groups is 1. The van der Waals surface area contributed by atoms with Gasteiger partial charge in [-0.15, -0.1) is 5.10 Å². The van der Waals surface area contributed by atoms with Crippen molar-refractivity contribution >= 4 is 23.4 Å². The van der Waals surface area contributed by atoms with Gasteiger partial charge in [0.15, 0.2) is 0 Å². The molecule has 2 aromatic carbocycles. The minimum absolute atomic E-state index is 0.116. The number of anilines is 1. The molecule has 9 nitrogen and oxygen atoms in total. The van der Waals surface area contributed by atoms with E-state index in [2.05, 4.69) is 20.8 Å². The molecule has 3 aromatic rings. The molecule has 146 valence electrons. The van der Waals surface area contributed by atoms with Crippen molar-refractivity contribution in [2.45, 2.75) is 5.16 Å². The average Bonchev–Trinajstić information content (AvgIpc) is 3.21. The van der Waals surface area contributed by atoms with Crippen LogP contribution >= 0.6 is 11.8 Å². The summed E-state index contributed by atoms with van der Waals surface area (Å²) in [6, 6.07) is 12.5. The number of carbonyl (C=O) groups excluding carboxylic acids is 1. The highest BCUT2D eigenvalue weighted by Gasteiger charge is 2.14. The maximum absolute atomic E-state index is 12.4. The molecule has 0 bridgehead atoms. The maximum atomic E-state index is 12.4. The van der Waals surface area contributed by atoms with Crippen LogP contribution < -0.4 is 19.5 Å². The molecule has 0 aliphatic carbocycles. The highest BCUT2D eigenvalue weighted by Crippen LogP contribution is 2.29. The topological polar surface area (TPSA) is 100 Å². The molecule has 0 unspecified atom stereocenters. The fourth-order valence-corrected chi connectivity index (χ4v) is 3.09. The molecule has 0 atom stereocenters. The van der Waals surface area contributed by atoms with Crippen LogP contribution in [0.4, 0.5) is 5.69 Å². The second-order valence-corrected chi connectivity index (χ2v) is 6.42. The number of nitrogens with one attached hydrogen (secondary N) is 1. The largest absolute Gasteiger partial charge is 0.497 e. The molecular formula is C18H19N5O4S. The lowest BCUT2D eigenvalue weighted by Gasteiger charge is -2.11. The Balaban J connectivity index is 1.69. The highest BCUT2D eigenvalue weighted by atomic mass is 32.2. The van der Waals surface area contributed by atoms with E-state index in [0.717, 1.165) is 5.69 Å². The van der Waals surface area contributed by atoms with Crippen molar-refractivity contribution in [3.05, 3.63) is 42.5 Å². The fraction of sp³-hybridized carbons (Fsp3) is 0.222. The Hall–Kier alpha value is -3.27. The molecule has 1 heterocycles. The van der Waals surface area contributed by atoms with Crippen molar-refractivity contribution in [2.24, 2.45) is 0 Å². The molecule has 10 heteroatoms. The fourth-order valence-electron chi connectivity index (χ4n) is 2.40. The molecule has 0 radical (unpaired) electrons. The Bertz CT molecular complexity index is 963. The molecule has 0 spiro atoms. The monoisotopic (exact) mass is 401 g/mol. The summed E-state index contributed by atoms with van der Waals surface area (Å²) in [6.45, 7) is 0. The first-order valence-corrected chi connectivity index (χ1v) is 9.20. The Labute approximate surface area is 166 Å². The maximum Gasteiger partial charge on any atom is 0.234 e. The second-order valence-electron chi connectivity index (χ2n) is 5.48. The number of hydrogen-bond acceptors (Lipinski definition) is 8. The van der Waals surface area contributed by atoms with E-state index in [1.54, 1.807) is 37.1 Å². The van der Waals surface area contributed by atoms with Gasteiger partial charge in [-0.3, -0.25) is 4.79 Å². The van der Waals surface area contributed by atoms with Crippen LogP contribution in [-0.2, 0) is 4.79 Å². The first-order chi connectivity index (χ1) is 13.6. The average molecular weight is 401 g/mol. The van der Waals surface area contributed by atoms with E-state index < -0.39 is 0 Å². The third-order valence-electron chi connectivity index (χ3n) is 3.75. The molecule has 0 saturated carbocycles. The number of hydrogen-bond donors (Lipinski definition) is 1. The summed E-state index contributed by atoms with van der Waals surface area (Å²) in [7, 11) is 4.68. The van der Waals surface area contributed by atoms with E-state index in [-0.39, 0.29) is 11.7 Å². The van der Waals surface area contributed by atoms with E-state index in [4.69, 9.17) is 14.2 Å². The van der Waals surface area contributed by atoms with Gasteiger partial charge < -0.3 is 19.5 Å². The molecule has 28 heavy (non-hydrogen) atoms. The van der Waals surface area contributed by atoms with Crippen molar-refractivity contribution in [3.63, 3.8) is 0 Å². The van der Waals surface area contributed by atoms with Crippen LogP contribution in [0.5, 0.6) is 17.2 Å². The number of nitrogens with zero attached hydrogens (tertiary/aromatic N) is 4. The second kappa shape index (κ2) is 9.09. The van der Waals surface area contributed by atoms with Gasteiger partial charge in [0.05, 0.1) is 38.5 Å². The third kappa shape index (κ3) is 4.52. The first-order valence-electron chi connectivity index (χ1n) is 8.22. The molecule has 0 fully saturated rings. The van der Waals surface area contributed by atoms with Crippen LogP contribution in [0, 0.1) is 0 Å². The van der Waals surface area contributed by atoms with E-state index in [9.17, 15) is 4.79 Å². The summed E-state index contributed by atoms with van der Waals surface area (Å²) in [6.07, 6.45) is 0. The lowest BCUT2D eigenvalue weighted by molar-refractivity contribution is -0.113. The smallest absolute Gasteiger partial charge is 0.234 e. The van der Waals surface area contributed by atoms with E-state index in [1.807, 2.05) is 24.3 Å². The third-order valence-corrected chi connectivity index (χ3v) is 4.67. The van der Waals surface area contributed by atoms with Gasteiger partial charge in [-0.2, -0.15) is 4.68 Å². The summed E-state index contributed by atoms with van der Waals surface area (Å²) in [5.41, 5.74) is 1.27. The van der Waals surface area contributed by atoms with E-state index in [0.29, 0.717) is 28.1 Å². The minimum Gasteiger partial charge on any atom is -0.497 e. The minimum atomic E-state index is -0.225. The van der Waals surface area contributed by atoms with Crippen LogP contribution in [0.25, 0.3) is 5.69 Å². The van der Waals surface area contributed by atoms with Crippen molar-refractivity contribution in [1.82, 2.24) is 20.2 Å². The molecule has 1 amide bonds. The van der Waals surface area contributed by atoms with Crippen LogP contribution in [0.3, 0.4) is 0 Å².